The van der Waals surface area contributed by atoms with Gasteiger partial charge in [-0.3, -0.25) is 9.78 Å². The zero-order valence-corrected chi connectivity index (χ0v) is 32.9. The minimum atomic E-state index is -0.337. The fraction of sp³-hybridized carbons (Fsp3) is 0.381. The molecule has 0 bridgehead atoms. The van der Waals surface area contributed by atoms with Crippen molar-refractivity contribution in [2.75, 3.05) is 0 Å². The summed E-state index contributed by atoms with van der Waals surface area (Å²) in [7, 11) is 0. The van der Waals surface area contributed by atoms with E-state index in [1.165, 1.54) is 28.0 Å². The van der Waals surface area contributed by atoms with Gasteiger partial charge < -0.3 is 9.52 Å². The molecule has 3 aromatic heterocycles. The molecule has 0 unspecified atom stereocenters. The van der Waals surface area contributed by atoms with Crippen LogP contribution in [0.2, 0.25) is 0 Å². The number of hydrogen-bond acceptors (Lipinski definition) is 6. The number of allylic oxidation sites excluding steroid dienone is 2. The minimum absolute atomic E-state index is 0. The van der Waals surface area contributed by atoms with E-state index in [0.717, 1.165) is 75.7 Å². The summed E-state index contributed by atoms with van der Waals surface area (Å²) in [5.74, 6) is 1.01. The second-order valence-electron chi connectivity index (χ2n) is 13.7. The number of aromatic nitrogens is 3. The van der Waals surface area contributed by atoms with E-state index < -0.39 is 0 Å². The van der Waals surface area contributed by atoms with Crippen molar-refractivity contribution in [3.8, 4) is 11.3 Å². The molecule has 6 nitrogen and oxygen atoms in total. The fourth-order valence-corrected chi connectivity index (χ4v) is 6.32. The summed E-state index contributed by atoms with van der Waals surface area (Å²) < 4.78 is 6.23. The van der Waals surface area contributed by atoms with Crippen molar-refractivity contribution in [2.24, 2.45) is 10.8 Å². The topological polar surface area (TPSA) is 89.1 Å². The molecule has 6 rings (SSSR count). The molecule has 1 N–H and O–H groups in total. The molecular formula is C42H48IrN3O3-. The van der Waals surface area contributed by atoms with Crippen molar-refractivity contribution in [1.29, 1.82) is 0 Å². The van der Waals surface area contributed by atoms with Gasteiger partial charge in [0.05, 0.1) is 11.1 Å². The Bertz CT molecular complexity index is 2190. The Morgan fingerprint density at radius 1 is 0.837 bits per heavy atom. The Kier molecular flexibility index (Phi) is 11.5. The van der Waals surface area contributed by atoms with Crippen LogP contribution in [-0.4, -0.2) is 25.8 Å². The summed E-state index contributed by atoms with van der Waals surface area (Å²) >= 11 is 0. The molecule has 0 aliphatic carbocycles. The predicted molar refractivity (Wildman–Crippen MR) is 198 cm³/mol. The standard InChI is InChI=1S/C27H20N3O.C15H28O2.Ir/c1-14-12-15(2)23-18(13-14)9-11-21-24(29-17(4)30-25(21)23)22-7-5-6-19-20-10-8-16(3)28-27(20)31-26(19)22;1-7-14(5,8-2)12(16)11-13(17)15(6,9-3)10-4;/h5-6,8-13H,1-4H3;11,16H,7-10H2,1-6H3;/q-1;;/b;12-11-;. The molecule has 1 radical (unpaired) electrons. The van der Waals surface area contributed by atoms with Crippen molar-refractivity contribution in [1.82, 2.24) is 15.0 Å². The molecule has 0 saturated carbocycles. The van der Waals surface area contributed by atoms with Gasteiger partial charge in [-0.15, -0.1) is 18.2 Å². The number of aliphatic hydroxyl groups is 1. The Labute approximate surface area is 303 Å². The number of benzene rings is 3. The number of rotatable bonds is 8. The number of carbonyl (C=O) groups is 1. The summed E-state index contributed by atoms with van der Waals surface area (Å²) in [5, 5.41) is 15.5. The first-order valence-corrected chi connectivity index (χ1v) is 17.1. The molecule has 0 spiro atoms. The molecule has 0 amide bonds. The second kappa shape index (κ2) is 14.9. The van der Waals surface area contributed by atoms with Crippen LogP contribution in [0.3, 0.4) is 0 Å². The normalized spacial score (nSPS) is 12.3. The number of pyridine rings is 1. The average Bonchev–Trinajstić information content (AvgIpc) is 3.44. The van der Waals surface area contributed by atoms with Crippen LogP contribution < -0.4 is 0 Å². The predicted octanol–water partition coefficient (Wildman–Crippen LogP) is 11.4. The number of hydrogen-bond donors (Lipinski definition) is 1. The zero-order valence-electron chi connectivity index (χ0n) is 30.5. The van der Waals surface area contributed by atoms with Crippen molar-refractivity contribution in [2.45, 2.75) is 94.9 Å². The first kappa shape index (κ1) is 37.9. The van der Waals surface area contributed by atoms with Crippen LogP contribution in [-0.2, 0) is 24.9 Å². The van der Waals surface area contributed by atoms with Crippen LogP contribution >= 0.6 is 0 Å². The number of nitrogens with zero attached hydrogens (tertiary/aromatic N) is 3. The molecule has 0 fully saturated rings. The van der Waals surface area contributed by atoms with Gasteiger partial charge in [0.15, 0.2) is 5.78 Å². The first-order valence-electron chi connectivity index (χ1n) is 17.1. The van der Waals surface area contributed by atoms with Crippen molar-refractivity contribution in [3.05, 3.63) is 89.1 Å². The molecule has 259 valence electrons. The van der Waals surface area contributed by atoms with E-state index in [0.29, 0.717) is 5.71 Å². The van der Waals surface area contributed by atoms with E-state index in [1.54, 1.807) is 0 Å². The Morgan fingerprint density at radius 3 is 2.14 bits per heavy atom. The van der Waals surface area contributed by atoms with Crippen LogP contribution in [0, 0.1) is 44.6 Å². The maximum Gasteiger partial charge on any atom is 0.216 e. The molecule has 6 aromatic rings. The molecule has 7 heteroatoms. The number of aliphatic hydroxyl groups excluding tert-OH is 1. The van der Waals surface area contributed by atoms with Gasteiger partial charge in [-0.1, -0.05) is 82.3 Å². The second-order valence-corrected chi connectivity index (χ2v) is 13.7. The van der Waals surface area contributed by atoms with Gasteiger partial charge in [0, 0.05) is 59.2 Å². The Balaban J connectivity index is 0.000000260. The van der Waals surface area contributed by atoms with E-state index in [4.69, 9.17) is 14.4 Å². The van der Waals surface area contributed by atoms with Crippen molar-refractivity contribution < 1.29 is 34.4 Å². The summed E-state index contributed by atoms with van der Waals surface area (Å²) in [6.45, 7) is 20.3. The number of carbonyl (C=O) groups excluding carboxylic acids is 1. The smallest absolute Gasteiger partial charge is 0.216 e. The number of aryl methyl sites for hydroxylation is 4. The van der Waals surface area contributed by atoms with Gasteiger partial charge in [0.2, 0.25) is 5.71 Å². The van der Waals surface area contributed by atoms with Gasteiger partial charge in [0.25, 0.3) is 0 Å². The summed E-state index contributed by atoms with van der Waals surface area (Å²) in [6.07, 6.45) is 4.75. The van der Waals surface area contributed by atoms with Crippen LogP contribution in [0.25, 0.3) is 55.0 Å². The molecule has 3 heterocycles. The Morgan fingerprint density at radius 2 is 1.49 bits per heavy atom. The molecular weight excluding hydrogens is 787 g/mol. The van der Waals surface area contributed by atoms with Gasteiger partial charge in [-0.25, -0.2) is 9.97 Å². The molecule has 0 aliphatic rings. The summed E-state index contributed by atoms with van der Waals surface area (Å²) in [5.41, 5.74) is 6.84. The summed E-state index contributed by atoms with van der Waals surface area (Å²) in [4.78, 5) is 26.4. The SMILES string of the molecule is CCC(C)(CC)C(=O)/C=C(\O)C(C)(CC)CC.Cc1cc(C)c2c(ccc3c(-c4[c-]ccc5c4oc4nc(C)ccc45)nc(C)nc32)c1.[Ir]. The monoisotopic (exact) mass is 835 g/mol. The molecule has 0 atom stereocenters. The van der Waals surface area contributed by atoms with Gasteiger partial charge in [-0.05, 0) is 81.8 Å². The summed E-state index contributed by atoms with van der Waals surface area (Å²) in [6, 6.07) is 20.1. The quantitative estimate of drug-likeness (QED) is 0.0711. The van der Waals surface area contributed by atoms with Crippen molar-refractivity contribution >= 4 is 49.5 Å². The van der Waals surface area contributed by atoms with E-state index in [1.807, 2.05) is 73.6 Å². The number of ketones is 1. The third-order valence-electron chi connectivity index (χ3n) is 10.5. The van der Waals surface area contributed by atoms with Crippen LogP contribution in [0.4, 0.5) is 0 Å². The Hall–Kier alpha value is -3.93. The van der Waals surface area contributed by atoms with Crippen LogP contribution in [0.15, 0.2) is 64.8 Å². The van der Waals surface area contributed by atoms with Crippen LogP contribution in [0.5, 0.6) is 0 Å². The number of fused-ring (bicyclic) bond motifs is 6. The molecule has 0 saturated heterocycles. The third-order valence-corrected chi connectivity index (χ3v) is 10.5. The fourth-order valence-electron chi connectivity index (χ4n) is 6.32. The molecule has 0 aliphatic heterocycles. The largest absolute Gasteiger partial charge is 0.512 e. The van der Waals surface area contributed by atoms with E-state index in [-0.39, 0.29) is 42.5 Å². The van der Waals surface area contributed by atoms with Gasteiger partial charge >= 0.3 is 0 Å². The average molecular weight is 835 g/mol. The van der Waals surface area contributed by atoms with E-state index >= 15 is 0 Å². The maximum absolute atomic E-state index is 12.2. The number of furan rings is 1. The molecule has 49 heavy (non-hydrogen) atoms. The van der Waals surface area contributed by atoms with Gasteiger partial charge in [-0.2, -0.15) is 0 Å². The zero-order chi connectivity index (χ0) is 35.0. The maximum atomic E-state index is 12.2. The van der Waals surface area contributed by atoms with Gasteiger partial charge in [0.1, 0.15) is 11.6 Å². The minimum Gasteiger partial charge on any atom is -0.512 e. The van der Waals surface area contributed by atoms with E-state index in [9.17, 15) is 9.90 Å². The van der Waals surface area contributed by atoms with Crippen molar-refractivity contribution in [3.63, 3.8) is 0 Å². The first-order chi connectivity index (χ1) is 22.8. The van der Waals surface area contributed by atoms with E-state index in [2.05, 4.69) is 55.2 Å². The molecule has 3 aromatic carbocycles. The van der Waals surface area contributed by atoms with Crippen LogP contribution in [0.1, 0.15) is 89.9 Å². The third kappa shape index (κ3) is 7.20.